The third kappa shape index (κ3) is 2.71. The van der Waals surface area contributed by atoms with Gasteiger partial charge in [0.1, 0.15) is 4.67 Å². The number of rotatable bonds is 1. The standard InChI is InChI=1S/C23H20N2S2/c1-14-11-12-19-17(13-14)20-21(23(2,3)25-19)26-27-22(20)24-18-10-6-8-15-7-4-5-9-16(15)18/h4-13,25H,1-3H3. The molecule has 0 unspecified atom stereocenters. The first-order valence-corrected chi connectivity index (χ1v) is 11.2. The summed E-state index contributed by atoms with van der Waals surface area (Å²) in [6.45, 7) is 6.65. The summed E-state index contributed by atoms with van der Waals surface area (Å²) in [4.78, 5) is 6.50. The summed E-state index contributed by atoms with van der Waals surface area (Å²) in [7, 11) is 3.61. The van der Waals surface area contributed by atoms with Gasteiger partial charge in [0.2, 0.25) is 0 Å². The molecule has 27 heavy (non-hydrogen) atoms. The first-order valence-electron chi connectivity index (χ1n) is 9.08. The van der Waals surface area contributed by atoms with Crippen LogP contribution in [-0.2, 0) is 5.54 Å². The number of hydrogen-bond donors (Lipinski definition) is 1. The molecular weight excluding hydrogens is 368 g/mol. The van der Waals surface area contributed by atoms with Crippen LogP contribution in [0.2, 0.25) is 0 Å². The number of nitrogens with zero attached hydrogens (tertiary/aromatic N) is 1. The third-order valence-corrected chi connectivity index (χ3v) is 7.73. The van der Waals surface area contributed by atoms with Gasteiger partial charge >= 0.3 is 0 Å². The predicted molar refractivity (Wildman–Crippen MR) is 118 cm³/mol. The van der Waals surface area contributed by atoms with Gasteiger partial charge in [0, 0.05) is 22.2 Å². The quantitative estimate of drug-likeness (QED) is 0.355. The maximum absolute atomic E-state index is 5.14. The molecule has 4 aromatic rings. The minimum atomic E-state index is -0.0920. The highest BCUT2D eigenvalue weighted by molar-refractivity contribution is 7.68. The second kappa shape index (κ2) is 6.04. The van der Waals surface area contributed by atoms with Crippen LogP contribution in [-0.4, -0.2) is 0 Å². The van der Waals surface area contributed by atoms with E-state index in [9.17, 15) is 0 Å². The lowest BCUT2D eigenvalue weighted by Crippen LogP contribution is -2.31. The van der Waals surface area contributed by atoms with Gasteiger partial charge in [0.15, 0.2) is 0 Å². The second-order valence-electron chi connectivity index (χ2n) is 7.59. The predicted octanol–water partition coefficient (Wildman–Crippen LogP) is 6.83. The summed E-state index contributed by atoms with van der Waals surface area (Å²) in [6, 6.07) is 21.5. The van der Waals surface area contributed by atoms with Crippen LogP contribution in [0.15, 0.2) is 65.7 Å². The molecule has 0 amide bonds. The average molecular weight is 389 g/mol. The molecule has 1 N–H and O–H groups in total. The lowest BCUT2D eigenvalue weighted by molar-refractivity contribution is 0.619. The van der Waals surface area contributed by atoms with Gasteiger partial charge in [-0.3, -0.25) is 0 Å². The molecule has 0 aliphatic carbocycles. The highest BCUT2D eigenvalue weighted by Gasteiger charge is 2.33. The monoisotopic (exact) mass is 388 g/mol. The topological polar surface area (TPSA) is 24.4 Å². The van der Waals surface area contributed by atoms with Gasteiger partial charge in [-0.1, -0.05) is 68.7 Å². The van der Waals surface area contributed by atoms with Gasteiger partial charge in [0.25, 0.3) is 0 Å². The Labute approximate surface area is 166 Å². The van der Waals surface area contributed by atoms with E-state index in [1.165, 1.54) is 38.0 Å². The van der Waals surface area contributed by atoms with E-state index in [0.29, 0.717) is 0 Å². The van der Waals surface area contributed by atoms with E-state index in [0.717, 1.165) is 10.4 Å². The number of benzene rings is 3. The first kappa shape index (κ1) is 16.7. The van der Waals surface area contributed by atoms with E-state index in [2.05, 4.69) is 86.8 Å². The zero-order chi connectivity index (χ0) is 18.6. The molecule has 1 aromatic heterocycles. The van der Waals surface area contributed by atoms with Crippen LogP contribution in [0.3, 0.4) is 0 Å². The molecule has 2 heterocycles. The molecule has 5 rings (SSSR count). The van der Waals surface area contributed by atoms with Crippen LogP contribution in [0.25, 0.3) is 21.9 Å². The van der Waals surface area contributed by atoms with E-state index in [1.54, 1.807) is 10.3 Å². The van der Waals surface area contributed by atoms with Crippen LogP contribution in [0.4, 0.5) is 11.4 Å². The number of aryl methyl sites for hydroxylation is 1. The molecule has 3 aromatic carbocycles. The van der Waals surface area contributed by atoms with Crippen molar-refractivity contribution in [3.05, 3.63) is 75.8 Å². The largest absolute Gasteiger partial charge is 0.375 e. The summed E-state index contributed by atoms with van der Waals surface area (Å²) in [5.41, 5.74) is 5.97. The van der Waals surface area contributed by atoms with E-state index in [1.807, 2.05) is 10.3 Å². The van der Waals surface area contributed by atoms with Gasteiger partial charge < -0.3 is 5.32 Å². The number of hydrogen-bond acceptors (Lipinski definition) is 4. The Morgan fingerprint density at radius 1 is 0.926 bits per heavy atom. The number of fused-ring (bicyclic) bond motifs is 4. The van der Waals surface area contributed by atoms with Gasteiger partial charge in [-0.15, -0.1) is 0 Å². The van der Waals surface area contributed by atoms with Crippen molar-refractivity contribution in [2.75, 3.05) is 5.32 Å². The Morgan fingerprint density at radius 2 is 1.74 bits per heavy atom. The van der Waals surface area contributed by atoms with Crippen LogP contribution in [0, 0.1) is 6.92 Å². The van der Waals surface area contributed by atoms with Crippen molar-refractivity contribution in [3.8, 4) is 11.1 Å². The molecule has 134 valence electrons. The molecule has 0 saturated heterocycles. The first-order chi connectivity index (χ1) is 13.0. The number of anilines is 1. The highest BCUT2D eigenvalue weighted by atomic mass is 32.9. The van der Waals surface area contributed by atoms with Crippen LogP contribution in [0.5, 0.6) is 0 Å². The normalized spacial score (nSPS) is 15.3. The molecule has 4 heteroatoms. The molecule has 2 nitrogen and oxygen atoms in total. The highest BCUT2D eigenvalue weighted by Crippen LogP contribution is 2.45. The lowest BCUT2D eigenvalue weighted by Gasteiger charge is -2.33. The molecule has 0 radical (unpaired) electrons. The van der Waals surface area contributed by atoms with E-state index in [4.69, 9.17) is 4.99 Å². The minimum Gasteiger partial charge on any atom is -0.375 e. The Bertz CT molecular complexity index is 1240. The fourth-order valence-corrected chi connectivity index (χ4v) is 6.70. The van der Waals surface area contributed by atoms with Gasteiger partial charge in [-0.25, -0.2) is 4.99 Å². The maximum atomic E-state index is 5.14. The zero-order valence-electron chi connectivity index (χ0n) is 15.5. The SMILES string of the molecule is Cc1ccc2c(c1)-c1c(ssc1=Nc1cccc3ccccc13)C(C)(C)N2. The molecule has 1 aliphatic heterocycles. The lowest BCUT2D eigenvalue weighted by atomic mass is 9.89. The Balaban J connectivity index is 1.81. The van der Waals surface area contributed by atoms with Crippen molar-refractivity contribution in [1.82, 2.24) is 0 Å². The van der Waals surface area contributed by atoms with Crippen molar-refractivity contribution in [2.45, 2.75) is 26.3 Å². The molecule has 0 atom stereocenters. The Morgan fingerprint density at radius 3 is 2.63 bits per heavy atom. The number of nitrogens with one attached hydrogen (secondary N) is 1. The molecule has 1 aliphatic rings. The van der Waals surface area contributed by atoms with E-state index in [-0.39, 0.29) is 5.54 Å². The summed E-state index contributed by atoms with van der Waals surface area (Å²) < 4.78 is 1.10. The van der Waals surface area contributed by atoms with E-state index < -0.39 is 0 Å². The molecule has 0 fully saturated rings. The Kier molecular flexibility index (Phi) is 3.74. The molecule has 0 saturated carbocycles. The third-order valence-electron chi connectivity index (χ3n) is 5.09. The second-order valence-corrected chi connectivity index (χ2v) is 9.71. The summed E-state index contributed by atoms with van der Waals surface area (Å²) in [5.74, 6) is 0. The summed E-state index contributed by atoms with van der Waals surface area (Å²) in [5, 5.41) is 6.13. The fourth-order valence-electron chi connectivity index (χ4n) is 3.77. The van der Waals surface area contributed by atoms with Crippen molar-refractivity contribution in [2.24, 2.45) is 4.99 Å². The maximum Gasteiger partial charge on any atom is 0.135 e. The fraction of sp³-hybridized carbons (Fsp3) is 0.174. The van der Waals surface area contributed by atoms with Crippen molar-refractivity contribution in [3.63, 3.8) is 0 Å². The Hall–Kier alpha value is -2.43. The van der Waals surface area contributed by atoms with Crippen LogP contribution >= 0.6 is 20.7 Å². The molecule has 0 spiro atoms. The minimum absolute atomic E-state index is 0.0920. The van der Waals surface area contributed by atoms with Gasteiger partial charge in [-0.2, -0.15) is 0 Å². The van der Waals surface area contributed by atoms with Gasteiger partial charge in [0.05, 0.1) is 16.1 Å². The molecule has 0 bridgehead atoms. The molecular formula is C23H20N2S2. The van der Waals surface area contributed by atoms with Crippen LogP contribution in [0.1, 0.15) is 24.3 Å². The van der Waals surface area contributed by atoms with Crippen LogP contribution < -0.4 is 9.99 Å². The van der Waals surface area contributed by atoms with Crippen molar-refractivity contribution < 1.29 is 0 Å². The summed E-state index contributed by atoms with van der Waals surface area (Å²) >= 11 is 0. The van der Waals surface area contributed by atoms with E-state index >= 15 is 0 Å². The van der Waals surface area contributed by atoms with Crippen molar-refractivity contribution >= 4 is 42.8 Å². The van der Waals surface area contributed by atoms with Gasteiger partial charge in [-0.05, 0) is 44.4 Å². The van der Waals surface area contributed by atoms with Crippen molar-refractivity contribution in [1.29, 1.82) is 0 Å². The smallest absolute Gasteiger partial charge is 0.135 e. The zero-order valence-corrected chi connectivity index (χ0v) is 17.2. The summed E-state index contributed by atoms with van der Waals surface area (Å²) in [6.07, 6.45) is 0. The average Bonchev–Trinajstić information content (AvgIpc) is 3.08.